The third kappa shape index (κ3) is 3.44. The highest BCUT2D eigenvalue weighted by Gasteiger charge is 2.36. The Morgan fingerprint density at radius 3 is 2.50 bits per heavy atom. The van der Waals surface area contributed by atoms with Crippen LogP contribution in [0.2, 0.25) is 0 Å². The van der Waals surface area contributed by atoms with E-state index >= 15 is 0 Å². The first kappa shape index (κ1) is 19.1. The van der Waals surface area contributed by atoms with Gasteiger partial charge in [-0.1, -0.05) is 25.1 Å². The number of fused-ring (bicyclic) bond motifs is 1. The Balaban J connectivity index is 1.46. The van der Waals surface area contributed by atoms with Crippen molar-refractivity contribution >= 4 is 21.6 Å². The third-order valence-electron chi connectivity index (χ3n) is 5.89. The molecule has 0 spiro atoms. The molecule has 1 fully saturated rings. The van der Waals surface area contributed by atoms with Gasteiger partial charge < -0.3 is 4.90 Å². The molecule has 1 unspecified atom stereocenters. The molecule has 148 valence electrons. The number of carbonyl (C=O) groups is 1. The molecule has 0 bridgehead atoms. The highest BCUT2D eigenvalue weighted by molar-refractivity contribution is 7.89. The van der Waals surface area contributed by atoms with Crippen LogP contribution >= 0.6 is 0 Å². The van der Waals surface area contributed by atoms with E-state index in [0.29, 0.717) is 31.8 Å². The highest BCUT2D eigenvalue weighted by atomic mass is 32.2. The second kappa shape index (κ2) is 7.64. The summed E-state index contributed by atoms with van der Waals surface area (Å²) in [6.07, 6.45) is 4.98. The number of rotatable bonds is 3. The lowest BCUT2D eigenvalue weighted by Crippen LogP contribution is -2.46. The van der Waals surface area contributed by atoms with E-state index in [2.05, 4.69) is 18.0 Å². The van der Waals surface area contributed by atoms with Gasteiger partial charge in [0.05, 0.1) is 0 Å². The van der Waals surface area contributed by atoms with E-state index in [1.807, 2.05) is 23.1 Å². The Labute approximate surface area is 166 Å². The van der Waals surface area contributed by atoms with E-state index in [-0.39, 0.29) is 16.7 Å². The van der Waals surface area contributed by atoms with Gasteiger partial charge in [-0.3, -0.25) is 9.78 Å². The molecule has 1 atom stereocenters. The number of amides is 1. The minimum atomic E-state index is -3.55. The van der Waals surface area contributed by atoms with Gasteiger partial charge in [-0.05, 0) is 48.9 Å². The first-order valence-corrected chi connectivity index (χ1v) is 11.2. The summed E-state index contributed by atoms with van der Waals surface area (Å²) in [5.41, 5.74) is 2.23. The van der Waals surface area contributed by atoms with Crippen LogP contribution in [0.25, 0.3) is 0 Å². The van der Waals surface area contributed by atoms with E-state index in [9.17, 15) is 13.2 Å². The van der Waals surface area contributed by atoms with Crippen molar-refractivity contribution in [1.29, 1.82) is 0 Å². The summed E-state index contributed by atoms with van der Waals surface area (Å²) in [6.45, 7) is 3.65. The number of benzene rings is 1. The number of sulfonamides is 1. The summed E-state index contributed by atoms with van der Waals surface area (Å²) in [7, 11) is -3.55. The molecule has 1 amide bonds. The molecular formula is C21H25N3O3S. The molecule has 1 saturated heterocycles. The summed E-state index contributed by atoms with van der Waals surface area (Å²) >= 11 is 0. The second-order valence-electron chi connectivity index (χ2n) is 7.61. The summed E-state index contributed by atoms with van der Waals surface area (Å²) in [5, 5.41) is 0. The topological polar surface area (TPSA) is 70.6 Å². The molecule has 7 heteroatoms. The van der Waals surface area contributed by atoms with Gasteiger partial charge >= 0.3 is 0 Å². The number of hydrogen-bond donors (Lipinski definition) is 0. The van der Waals surface area contributed by atoms with Gasteiger partial charge in [0.15, 0.2) is 0 Å². The molecule has 0 aliphatic carbocycles. The summed E-state index contributed by atoms with van der Waals surface area (Å²) in [6, 6.07) is 11.3. The molecule has 2 aliphatic rings. The quantitative estimate of drug-likeness (QED) is 0.795. The highest BCUT2D eigenvalue weighted by Crippen LogP contribution is 2.36. The maximum absolute atomic E-state index is 13.2. The average molecular weight is 400 g/mol. The van der Waals surface area contributed by atoms with Crippen LogP contribution in [-0.4, -0.2) is 43.2 Å². The fourth-order valence-corrected chi connectivity index (χ4v) is 5.62. The molecule has 0 saturated carbocycles. The van der Waals surface area contributed by atoms with Gasteiger partial charge in [-0.15, -0.1) is 0 Å². The number of pyridine rings is 1. The van der Waals surface area contributed by atoms with Gasteiger partial charge in [-0.25, -0.2) is 8.42 Å². The molecule has 2 aromatic rings. The summed E-state index contributed by atoms with van der Waals surface area (Å²) in [4.78, 5) is 19.2. The Morgan fingerprint density at radius 1 is 1.04 bits per heavy atom. The van der Waals surface area contributed by atoms with Crippen molar-refractivity contribution in [2.24, 2.45) is 5.92 Å². The predicted octanol–water partition coefficient (Wildman–Crippen LogP) is 3.02. The molecule has 6 nitrogen and oxygen atoms in total. The Bertz CT molecular complexity index is 954. The second-order valence-corrected chi connectivity index (χ2v) is 9.54. The summed E-state index contributed by atoms with van der Waals surface area (Å²) in [5.74, 6) is 0.436. The first-order chi connectivity index (χ1) is 13.5. The minimum Gasteiger partial charge on any atom is -0.312 e. The third-order valence-corrected chi connectivity index (χ3v) is 7.77. The largest absolute Gasteiger partial charge is 0.312 e. The molecule has 28 heavy (non-hydrogen) atoms. The van der Waals surface area contributed by atoms with E-state index in [4.69, 9.17) is 0 Å². The lowest BCUT2D eigenvalue weighted by Gasteiger charge is -2.37. The first-order valence-electron chi connectivity index (χ1n) is 9.79. The van der Waals surface area contributed by atoms with E-state index in [1.165, 1.54) is 16.1 Å². The van der Waals surface area contributed by atoms with Crippen molar-refractivity contribution in [2.45, 2.75) is 37.0 Å². The number of hydrogen-bond acceptors (Lipinski definition) is 4. The molecule has 1 aromatic carbocycles. The zero-order valence-electron chi connectivity index (χ0n) is 16.0. The predicted molar refractivity (Wildman–Crippen MR) is 108 cm³/mol. The number of carbonyl (C=O) groups excluding carboxylic acids is 1. The van der Waals surface area contributed by atoms with Gasteiger partial charge in [-0.2, -0.15) is 4.31 Å². The Morgan fingerprint density at radius 2 is 1.79 bits per heavy atom. The molecule has 2 aliphatic heterocycles. The van der Waals surface area contributed by atoms with Crippen molar-refractivity contribution < 1.29 is 13.2 Å². The van der Waals surface area contributed by atoms with Crippen molar-refractivity contribution in [3.05, 3.63) is 54.4 Å². The normalized spacial score (nSPS) is 21.3. The van der Waals surface area contributed by atoms with E-state index in [1.54, 1.807) is 18.3 Å². The van der Waals surface area contributed by atoms with Crippen molar-refractivity contribution in [2.75, 3.05) is 24.5 Å². The Hall–Kier alpha value is -2.25. The smallest absolute Gasteiger partial charge is 0.244 e. The van der Waals surface area contributed by atoms with Crippen LogP contribution < -0.4 is 4.90 Å². The van der Waals surface area contributed by atoms with Crippen molar-refractivity contribution in [3.8, 4) is 0 Å². The SMILES string of the molecule is CC1CCN(C(=O)C2CCN(S(=O)(=O)c3cccnc3)CC2)c2ccccc21. The van der Waals surface area contributed by atoms with Crippen molar-refractivity contribution in [3.63, 3.8) is 0 Å². The van der Waals surface area contributed by atoms with Crippen LogP contribution in [0.4, 0.5) is 5.69 Å². The maximum atomic E-state index is 13.2. The molecule has 0 radical (unpaired) electrons. The fraction of sp³-hybridized carbons (Fsp3) is 0.429. The molecule has 4 rings (SSSR count). The summed E-state index contributed by atoms with van der Waals surface area (Å²) < 4.78 is 27.0. The lowest BCUT2D eigenvalue weighted by molar-refractivity contribution is -0.123. The van der Waals surface area contributed by atoms with Crippen molar-refractivity contribution in [1.82, 2.24) is 9.29 Å². The molecular weight excluding hydrogens is 374 g/mol. The van der Waals surface area contributed by atoms with Gasteiger partial charge in [0, 0.05) is 43.6 Å². The van der Waals surface area contributed by atoms with Crippen LogP contribution in [0.3, 0.4) is 0 Å². The number of anilines is 1. The van der Waals surface area contributed by atoms with Gasteiger partial charge in [0.25, 0.3) is 0 Å². The number of nitrogens with zero attached hydrogens (tertiary/aromatic N) is 3. The number of aromatic nitrogens is 1. The molecule has 0 N–H and O–H groups in total. The standard InChI is InChI=1S/C21H25N3O3S/c1-16-8-14-24(20-7-3-2-6-19(16)20)21(25)17-9-12-23(13-10-17)28(26,27)18-5-4-11-22-15-18/h2-7,11,15-17H,8-10,12-14H2,1H3. The Kier molecular flexibility index (Phi) is 5.21. The van der Waals surface area contributed by atoms with E-state index < -0.39 is 10.0 Å². The zero-order valence-corrected chi connectivity index (χ0v) is 16.8. The zero-order chi connectivity index (χ0) is 19.7. The molecule has 3 heterocycles. The molecule has 1 aromatic heterocycles. The van der Waals surface area contributed by atoms with Gasteiger partial charge in [0.2, 0.25) is 15.9 Å². The van der Waals surface area contributed by atoms with Crippen LogP contribution in [0.15, 0.2) is 53.7 Å². The van der Waals surface area contributed by atoms with Crippen LogP contribution in [0.1, 0.15) is 37.7 Å². The number of para-hydroxylation sites is 1. The minimum absolute atomic E-state index is 0.123. The van der Waals surface area contributed by atoms with Gasteiger partial charge in [0.1, 0.15) is 4.90 Å². The lowest BCUT2D eigenvalue weighted by atomic mass is 9.89. The average Bonchev–Trinajstić information content (AvgIpc) is 2.74. The fourth-order valence-electron chi connectivity index (χ4n) is 4.19. The van der Waals surface area contributed by atoms with E-state index in [0.717, 1.165) is 18.7 Å². The maximum Gasteiger partial charge on any atom is 0.244 e. The monoisotopic (exact) mass is 399 g/mol. The van der Waals surface area contributed by atoms with Crippen LogP contribution in [0.5, 0.6) is 0 Å². The van der Waals surface area contributed by atoms with Crippen LogP contribution in [-0.2, 0) is 14.8 Å². The van der Waals surface area contributed by atoms with Crippen LogP contribution in [0, 0.1) is 5.92 Å². The number of piperidine rings is 1.